The summed E-state index contributed by atoms with van der Waals surface area (Å²) in [6.07, 6.45) is 7.00. The van der Waals surface area contributed by atoms with Crippen molar-refractivity contribution in [3.8, 4) is 23.0 Å². The molecule has 5 nitrogen and oxygen atoms in total. The molecule has 2 aromatic carbocycles. The molecule has 0 spiro atoms. The highest BCUT2D eigenvalue weighted by Gasteiger charge is 2.28. The number of fused-ring (bicyclic) bond motifs is 1. The van der Waals surface area contributed by atoms with Gasteiger partial charge in [-0.25, -0.2) is 14.4 Å². The Bertz CT molecular complexity index is 1070. The number of ether oxygens (including phenoxy) is 1. The maximum atomic E-state index is 13.6. The van der Waals surface area contributed by atoms with Crippen molar-refractivity contribution in [2.45, 2.75) is 18.9 Å². The molecule has 1 aliphatic rings. The summed E-state index contributed by atoms with van der Waals surface area (Å²) < 4.78 is 21.5. The van der Waals surface area contributed by atoms with Crippen LogP contribution >= 0.6 is 0 Å². The molecule has 128 valence electrons. The summed E-state index contributed by atoms with van der Waals surface area (Å²) >= 11 is 0. The topological polar surface area (TPSA) is 52.8 Å². The van der Waals surface area contributed by atoms with E-state index in [1.807, 2.05) is 30.3 Å². The van der Waals surface area contributed by atoms with E-state index in [1.54, 1.807) is 18.6 Å². The molecule has 5 rings (SSSR count). The Morgan fingerprint density at radius 2 is 1.88 bits per heavy atom. The van der Waals surface area contributed by atoms with Gasteiger partial charge in [0.15, 0.2) is 0 Å². The van der Waals surface area contributed by atoms with Gasteiger partial charge in [-0.15, -0.1) is 0 Å². The first-order valence-corrected chi connectivity index (χ1v) is 8.50. The first-order valence-electron chi connectivity index (χ1n) is 8.50. The minimum absolute atomic E-state index is 0.266. The van der Waals surface area contributed by atoms with Crippen molar-refractivity contribution >= 4 is 11.0 Å². The van der Waals surface area contributed by atoms with Gasteiger partial charge in [-0.3, -0.25) is 4.98 Å². The Hall–Kier alpha value is -3.28. The zero-order valence-corrected chi connectivity index (χ0v) is 13.8. The van der Waals surface area contributed by atoms with Crippen molar-refractivity contribution in [1.82, 2.24) is 19.5 Å². The van der Waals surface area contributed by atoms with Gasteiger partial charge >= 0.3 is 0 Å². The predicted molar refractivity (Wildman–Crippen MR) is 95.5 cm³/mol. The molecule has 0 unspecified atom stereocenters. The van der Waals surface area contributed by atoms with Crippen LogP contribution in [0.25, 0.3) is 22.4 Å². The standard InChI is InChI=1S/C20H15FN4O/c21-14-3-8-18-17(11-14)24-20(25(18)15-4-5-15)13-1-6-16(7-2-13)26-19-12-22-9-10-23-19/h1-3,6-12,15H,4-5H2. The van der Waals surface area contributed by atoms with Crippen LogP contribution in [0.1, 0.15) is 18.9 Å². The Morgan fingerprint density at radius 3 is 2.62 bits per heavy atom. The van der Waals surface area contributed by atoms with Gasteiger partial charge in [0.05, 0.1) is 17.2 Å². The van der Waals surface area contributed by atoms with Gasteiger partial charge in [-0.1, -0.05) is 0 Å². The maximum Gasteiger partial charge on any atom is 0.237 e. The lowest BCUT2D eigenvalue weighted by atomic mass is 10.2. The Balaban J connectivity index is 1.52. The molecule has 0 bridgehead atoms. The first kappa shape index (κ1) is 15.0. The van der Waals surface area contributed by atoms with E-state index >= 15 is 0 Å². The van der Waals surface area contributed by atoms with Crippen molar-refractivity contribution in [3.05, 3.63) is 66.9 Å². The second-order valence-electron chi connectivity index (χ2n) is 6.34. The summed E-state index contributed by atoms with van der Waals surface area (Å²) in [5, 5.41) is 0. The SMILES string of the molecule is Fc1ccc2c(c1)nc(-c1ccc(Oc3cnccn3)cc1)n2C1CC1. The van der Waals surface area contributed by atoms with Crippen molar-refractivity contribution in [2.75, 3.05) is 0 Å². The smallest absolute Gasteiger partial charge is 0.237 e. The summed E-state index contributed by atoms with van der Waals surface area (Å²) in [5.74, 6) is 1.71. The lowest BCUT2D eigenvalue weighted by molar-refractivity contribution is 0.460. The largest absolute Gasteiger partial charge is 0.438 e. The van der Waals surface area contributed by atoms with Crippen LogP contribution in [0.5, 0.6) is 11.6 Å². The molecule has 2 heterocycles. The molecule has 6 heteroatoms. The van der Waals surface area contributed by atoms with E-state index in [4.69, 9.17) is 4.74 Å². The van der Waals surface area contributed by atoms with E-state index in [0.717, 1.165) is 29.7 Å². The monoisotopic (exact) mass is 346 g/mol. The number of aromatic nitrogens is 4. The number of nitrogens with zero attached hydrogens (tertiary/aromatic N) is 4. The second-order valence-corrected chi connectivity index (χ2v) is 6.34. The third-order valence-electron chi connectivity index (χ3n) is 4.44. The lowest BCUT2D eigenvalue weighted by Crippen LogP contribution is -1.97. The van der Waals surface area contributed by atoms with Gasteiger partial charge in [0, 0.05) is 30.1 Å². The summed E-state index contributed by atoms with van der Waals surface area (Å²) in [6, 6.07) is 12.9. The zero-order chi connectivity index (χ0) is 17.5. The number of imidazole rings is 1. The van der Waals surface area contributed by atoms with Gasteiger partial charge in [-0.2, -0.15) is 0 Å². The van der Waals surface area contributed by atoms with Crippen molar-refractivity contribution < 1.29 is 9.13 Å². The summed E-state index contributed by atoms with van der Waals surface area (Å²) in [7, 11) is 0. The summed E-state index contributed by atoms with van der Waals surface area (Å²) in [4.78, 5) is 12.8. The van der Waals surface area contributed by atoms with Gasteiger partial charge in [0.2, 0.25) is 5.88 Å². The van der Waals surface area contributed by atoms with Crippen molar-refractivity contribution in [1.29, 1.82) is 0 Å². The minimum Gasteiger partial charge on any atom is -0.438 e. The number of hydrogen-bond acceptors (Lipinski definition) is 4. The molecule has 4 aromatic rings. The van der Waals surface area contributed by atoms with E-state index < -0.39 is 0 Å². The van der Waals surface area contributed by atoms with Gasteiger partial charge in [0.25, 0.3) is 0 Å². The molecular weight excluding hydrogens is 331 g/mol. The molecule has 1 fully saturated rings. The second kappa shape index (κ2) is 5.91. The highest BCUT2D eigenvalue weighted by Crippen LogP contribution is 2.41. The fourth-order valence-electron chi connectivity index (χ4n) is 3.11. The summed E-state index contributed by atoms with van der Waals surface area (Å²) in [5.41, 5.74) is 2.63. The molecule has 0 saturated heterocycles. The molecule has 0 atom stereocenters. The van der Waals surface area contributed by atoms with Gasteiger partial charge < -0.3 is 9.30 Å². The Morgan fingerprint density at radius 1 is 1.04 bits per heavy atom. The van der Waals surface area contributed by atoms with Crippen molar-refractivity contribution in [2.24, 2.45) is 0 Å². The third kappa shape index (κ3) is 2.69. The van der Waals surface area contributed by atoms with E-state index in [2.05, 4.69) is 19.5 Å². The molecule has 0 aliphatic heterocycles. The van der Waals surface area contributed by atoms with Crippen LogP contribution in [0.3, 0.4) is 0 Å². The number of benzene rings is 2. The van der Waals surface area contributed by atoms with Crippen LogP contribution in [-0.4, -0.2) is 19.5 Å². The quantitative estimate of drug-likeness (QED) is 0.535. The Kier molecular flexibility index (Phi) is 3.41. The molecule has 1 aliphatic carbocycles. The molecule has 0 N–H and O–H groups in total. The fourth-order valence-corrected chi connectivity index (χ4v) is 3.11. The van der Waals surface area contributed by atoms with E-state index in [0.29, 0.717) is 23.2 Å². The van der Waals surface area contributed by atoms with Crippen LogP contribution in [0.4, 0.5) is 4.39 Å². The normalized spacial score (nSPS) is 13.9. The van der Waals surface area contributed by atoms with E-state index in [9.17, 15) is 4.39 Å². The van der Waals surface area contributed by atoms with Gasteiger partial charge in [-0.05, 0) is 49.2 Å². The Labute approximate surface area is 149 Å². The number of halogens is 1. The predicted octanol–water partition coefficient (Wildman–Crippen LogP) is 4.76. The van der Waals surface area contributed by atoms with Crippen LogP contribution in [0.2, 0.25) is 0 Å². The van der Waals surface area contributed by atoms with E-state index in [-0.39, 0.29) is 5.82 Å². The van der Waals surface area contributed by atoms with Crippen LogP contribution < -0.4 is 4.74 Å². The zero-order valence-electron chi connectivity index (χ0n) is 13.8. The maximum absolute atomic E-state index is 13.6. The van der Waals surface area contributed by atoms with Crippen LogP contribution in [0.15, 0.2) is 61.1 Å². The summed E-state index contributed by atoms with van der Waals surface area (Å²) in [6.45, 7) is 0. The van der Waals surface area contributed by atoms with Gasteiger partial charge in [0.1, 0.15) is 17.4 Å². The molecule has 1 saturated carbocycles. The fraction of sp³-hybridized carbons (Fsp3) is 0.150. The average Bonchev–Trinajstić information content (AvgIpc) is 3.43. The third-order valence-corrected chi connectivity index (χ3v) is 4.44. The highest BCUT2D eigenvalue weighted by atomic mass is 19.1. The average molecular weight is 346 g/mol. The first-order chi connectivity index (χ1) is 12.8. The van der Waals surface area contributed by atoms with Crippen LogP contribution in [-0.2, 0) is 0 Å². The number of hydrogen-bond donors (Lipinski definition) is 0. The van der Waals surface area contributed by atoms with Crippen molar-refractivity contribution in [3.63, 3.8) is 0 Å². The lowest BCUT2D eigenvalue weighted by Gasteiger charge is -2.09. The molecule has 26 heavy (non-hydrogen) atoms. The highest BCUT2D eigenvalue weighted by molar-refractivity contribution is 5.81. The molecule has 2 aromatic heterocycles. The molecular formula is C20H15FN4O. The molecule has 0 radical (unpaired) electrons. The minimum atomic E-state index is -0.266. The number of rotatable bonds is 4. The molecule has 0 amide bonds. The van der Waals surface area contributed by atoms with Crippen LogP contribution in [0, 0.1) is 5.82 Å². The van der Waals surface area contributed by atoms with E-state index in [1.165, 1.54) is 12.1 Å².